The molecule has 7 nitrogen and oxygen atoms in total. The highest BCUT2D eigenvalue weighted by Crippen LogP contribution is 2.43. The van der Waals surface area contributed by atoms with Crippen LogP contribution in [0, 0.1) is 0 Å². The number of benzene rings is 2. The molecule has 2 aromatic rings. The number of rotatable bonds is 5. The maximum absolute atomic E-state index is 10.8. The summed E-state index contributed by atoms with van der Waals surface area (Å²) in [5.41, 5.74) is 1.71. The summed E-state index contributed by atoms with van der Waals surface area (Å²) in [6, 6.07) is 9.15. The molecule has 27 heavy (non-hydrogen) atoms. The van der Waals surface area contributed by atoms with E-state index in [1.54, 1.807) is 20.3 Å². The third kappa shape index (κ3) is 3.24. The first kappa shape index (κ1) is 17.8. The summed E-state index contributed by atoms with van der Waals surface area (Å²) in [6.45, 7) is 3.14. The minimum Gasteiger partial charge on any atom is -0.507 e. The summed E-state index contributed by atoms with van der Waals surface area (Å²) < 4.78 is 27.7. The van der Waals surface area contributed by atoms with Crippen molar-refractivity contribution in [3.63, 3.8) is 0 Å². The number of ether oxygens (including phenoxy) is 5. The average Bonchev–Trinajstić information content (AvgIpc) is 3.16. The van der Waals surface area contributed by atoms with Gasteiger partial charge in [0.1, 0.15) is 24.9 Å². The Morgan fingerprint density at radius 1 is 1.00 bits per heavy atom. The van der Waals surface area contributed by atoms with Gasteiger partial charge >= 0.3 is 0 Å². The summed E-state index contributed by atoms with van der Waals surface area (Å²) in [4.78, 5) is 1.28. The van der Waals surface area contributed by atoms with Crippen LogP contribution in [0.3, 0.4) is 0 Å². The minimum atomic E-state index is -0.159. The molecule has 0 amide bonds. The van der Waals surface area contributed by atoms with Crippen LogP contribution in [0.5, 0.6) is 28.7 Å². The highest BCUT2D eigenvalue weighted by Gasteiger charge is 2.35. The first-order valence-electron chi connectivity index (χ1n) is 8.98. The number of hydrogen-bond acceptors (Lipinski definition) is 6. The number of morpholine rings is 1. The minimum absolute atomic E-state index is 0.159. The Kier molecular flexibility index (Phi) is 4.96. The molecule has 0 bridgehead atoms. The maximum Gasteiger partial charge on any atom is 0.231 e. The molecular weight excluding hydrogens is 350 g/mol. The Morgan fingerprint density at radius 3 is 2.44 bits per heavy atom. The molecule has 1 fully saturated rings. The van der Waals surface area contributed by atoms with Gasteiger partial charge in [0.25, 0.3) is 0 Å². The monoisotopic (exact) mass is 374 g/mol. The van der Waals surface area contributed by atoms with E-state index in [1.165, 1.54) is 4.90 Å². The van der Waals surface area contributed by atoms with Crippen LogP contribution in [0.25, 0.3) is 0 Å². The number of aromatic hydroxyl groups is 1. The third-order valence-electron chi connectivity index (χ3n) is 5.12. The lowest BCUT2D eigenvalue weighted by Gasteiger charge is -2.33. The zero-order chi connectivity index (χ0) is 18.8. The van der Waals surface area contributed by atoms with Gasteiger partial charge in [0.15, 0.2) is 23.0 Å². The Labute approximate surface area is 158 Å². The lowest BCUT2D eigenvalue weighted by atomic mass is 9.94. The number of hydrogen-bond donors (Lipinski definition) is 2. The fraction of sp³-hybridized carbons (Fsp3) is 0.400. The van der Waals surface area contributed by atoms with E-state index >= 15 is 0 Å². The van der Waals surface area contributed by atoms with E-state index in [2.05, 4.69) is 0 Å². The van der Waals surface area contributed by atoms with E-state index in [-0.39, 0.29) is 18.6 Å². The van der Waals surface area contributed by atoms with Crippen molar-refractivity contribution in [3.05, 3.63) is 41.5 Å². The average molecular weight is 374 g/mol. The molecule has 2 heterocycles. The molecular formula is C20H24NO6+. The van der Waals surface area contributed by atoms with Crippen molar-refractivity contribution in [2.45, 2.75) is 6.04 Å². The van der Waals surface area contributed by atoms with E-state index in [0.29, 0.717) is 36.2 Å². The maximum atomic E-state index is 10.8. The first-order chi connectivity index (χ1) is 13.2. The van der Waals surface area contributed by atoms with Crippen LogP contribution in [0.15, 0.2) is 30.3 Å². The standard InChI is InChI=1S/C20H23NO6/c1-23-16-5-3-4-13(20(16)24-2)19(21-6-8-25-9-7-21)14-10-17-18(11-15(14)22)27-12-26-17/h3-5,10-11,19,22H,6-9,12H2,1-2H3/p+1/t19-/m0/s1. The highest BCUT2D eigenvalue weighted by atomic mass is 16.7. The zero-order valence-electron chi connectivity index (χ0n) is 15.5. The largest absolute Gasteiger partial charge is 0.507 e. The molecule has 2 aliphatic rings. The smallest absolute Gasteiger partial charge is 0.231 e. The predicted molar refractivity (Wildman–Crippen MR) is 97.1 cm³/mol. The Morgan fingerprint density at radius 2 is 1.74 bits per heavy atom. The van der Waals surface area contributed by atoms with E-state index in [0.717, 1.165) is 24.2 Å². The lowest BCUT2D eigenvalue weighted by Crippen LogP contribution is -3.14. The lowest BCUT2D eigenvalue weighted by molar-refractivity contribution is -0.933. The van der Waals surface area contributed by atoms with Gasteiger partial charge in [-0.25, -0.2) is 0 Å². The van der Waals surface area contributed by atoms with E-state index < -0.39 is 0 Å². The van der Waals surface area contributed by atoms with Gasteiger partial charge in [-0.1, -0.05) is 6.07 Å². The summed E-state index contributed by atoms with van der Waals surface area (Å²) in [7, 11) is 3.25. The van der Waals surface area contributed by atoms with Crippen LogP contribution in [-0.4, -0.2) is 52.4 Å². The highest BCUT2D eigenvalue weighted by molar-refractivity contribution is 5.56. The third-order valence-corrected chi connectivity index (χ3v) is 5.12. The summed E-state index contributed by atoms with van der Waals surface area (Å²) >= 11 is 0. The second-order valence-corrected chi connectivity index (χ2v) is 6.55. The summed E-state index contributed by atoms with van der Waals surface area (Å²) in [6.07, 6.45) is 0. The second-order valence-electron chi connectivity index (χ2n) is 6.55. The summed E-state index contributed by atoms with van der Waals surface area (Å²) in [5.74, 6) is 2.70. The number of phenolic OH excluding ortho intramolecular Hbond substituents is 1. The Balaban J connectivity index is 1.86. The van der Waals surface area contributed by atoms with Crippen molar-refractivity contribution in [2.24, 2.45) is 0 Å². The molecule has 2 aromatic carbocycles. The number of quaternary nitrogens is 1. The second kappa shape index (κ2) is 7.54. The van der Waals surface area contributed by atoms with Crippen molar-refractivity contribution < 1.29 is 33.7 Å². The molecule has 7 heteroatoms. The Bertz CT molecular complexity index is 818. The Hall–Kier alpha value is -2.64. The van der Waals surface area contributed by atoms with Gasteiger partial charge in [-0.2, -0.15) is 0 Å². The molecule has 144 valence electrons. The van der Waals surface area contributed by atoms with Crippen molar-refractivity contribution in [1.29, 1.82) is 0 Å². The van der Waals surface area contributed by atoms with E-state index in [9.17, 15) is 5.11 Å². The normalized spacial score (nSPS) is 17.6. The van der Waals surface area contributed by atoms with Crippen molar-refractivity contribution in [3.8, 4) is 28.7 Å². The van der Waals surface area contributed by atoms with Gasteiger partial charge in [0.2, 0.25) is 6.79 Å². The molecule has 2 N–H and O–H groups in total. The van der Waals surface area contributed by atoms with E-state index in [4.69, 9.17) is 23.7 Å². The van der Waals surface area contributed by atoms with Gasteiger partial charge < -0.3 is 33.7 Å². The van der Waals surface area contributed by atoms with Crippen LogP contribution in [0.2, 0.25) is 0 Å². The molecule has 0 aromatic heterocycles. The van der Waals surface area contributed by atoms with Crippen LogP contribution < -0.4 is 23.8 Å². The first-order valence-corrected chi connectivity index (χ1v) is 8.98. The molecule has 0 unspecified atom stereocenters. The quantitative estimate of drug-likeness (QED) is 0.818. The van der Waals surface area contributed by atoms with Crippen LogP contribution >= 0.6 is 0 Å². The molecule has 0 spiro atoms. The van der Waals surface area contributed by atoms with Gasteiger partial charge in [0, 0.05) is 6.07 Å². The summed E-state index contributed by atoms with van der Waals surface area (Å²) in [5, 5.41) is 10.8. The van der Waals surface area contributed by atoms with Crippen LogP contribution in [-0.2, 0) is 4.74 Å². The molecule has 1 saturated heterocycles. The molecule has 4 rings (SSSR count). The fourth-order valence-corrected chi connectivity index (χ4v) is 3.85. The van der Waals surface area contributed by atoms with Gasteiger partial charge in [0.05, 0.1) is 38.6 Å². The van der Waals surface area contributed by atoms with Crippen molar-refractivity contribution in [2.75, 3.05) is 47.3 Å². The van der Waals surface area contributed by atoms with Gasteiger partial charge in [-0.05, 0) is 18.2 Å². The SMILES string of the molecule is COc1cccc([C@@H](c2cc3c(cc2O)OCO3)[NH+]2CCOCC2)c1OC. The number of methoxy groups -OCH3 is 2. The predicted octanol–water partition coefficient (Wildman–Crippen LogP) is 1.14. The van der Waals surface area contributed by atoms with Crippen LogP contribution in [0.4, 0.5) is 0 Å². The topological polar surface area (TPSA) is 70.8 Å². The molecule has 0 saturated carbocycles. The number of phenols is 1. The van der Waals surface area contributed by atoms with Gasteiger partial charge in [-0.3, -0.25) is 0 Å². The number of fused-ring (bicyclic) bond motifs is 1. The molecule has 2 aliphatic heterocycles. The van der Waals surface area contributed by atoms with Crippen LogP contribution in [0.1, 0.15) is 17.2 Å². The molecule has 0 radical (unpaired) electrons. The number of para-hydroxylation sites is 1. The zero-order valence-corrected chi connectivity index (χ0v) is 15.5. The van der Waals surface area contributed by atoms with Crippen molar-refractivity contribution in [1.82, 2.24) is 0 Å². The molecule has 0 aliphatic carbocycles. The van der Waals surface area contributed by atoms with Gasteiger partial charge in [-0.15, -0.1) is 0 Å². The molecule has 1 atom stereocenters. The number of nitrogens with one attached hydrogen (secondary N) is 1. The fourth-order valence-electron chi connectivity index (χ4n) is 3.85. The van der Waals surface area contributed by atoms with Crippen molar-refractivity contribution >= 4 is 0 Å². The van der Waals surface area contributed by atoms with E-state index in [1.807, 2.05) is 24.3 Å².